The van der Waals surface area contributed by atoms with Crippen molar-refractivity contribution in [2.45, 2.75) is 39.5 Å². The summed E-state index contributed by atoms with van der Waals surface area (Å²) in [5, 5.41) is 0. The molecule has 0 radical (unpaired) electrons. The van der Waals surface area contributed by atoms with Gasteiger partial charge >= 0.3 is 0 Å². The Hall–Kier alpha value is -3.08. The lowest BCUT2D eigenvalue weighted by atomic mass is 9.97. The lowest BCUT2D eigenvalue weighted by Crippen LogP contribution is -2.09. The minimum Gasteiger partial charge on any atom is -0.491 e. The molecule has 0 unspecified atom stereocenters. The molecule has 0 aliphatic rings. The molecule has 0 amide bonds. The van der Waals surface area contributed by atoms with Gasteiger partial charge in [-0.1, -0.05) is 54.1 Å². The maximum Gasteiger partial charge on any atom is 0.267 e. The van der Waals surface area contributed by atoms with Crippen LogP contribution in [0.2, 0.25) is 0 Å². The first kappa shape index (κ1) is 22.6. The largest absolute Gasteiger partial charge is 0.491 e. The van der Waals surface area contributed by atoms with E-state index < -0.39 is 23.6 Å². The molecule has 0 saturated heterocycles. The van der Waals surface area contributed by atoms with E-state index in [0.29, 0.717) is 12.8 Å². The number of Topliss-reactive ketones (excluding diaryl/α,β-unsaturated/α-hetero) is 1. The number of hydrogen-bond acceptors (Lipinski definition) is 2. The monoisotopic (exact) mass is 426 g/mol. The molecule has 0 fully saturated rings. The fourth-order valence-corrected chi connectivity index (χ4v) is 3.49. The summed E-state index contributed by atoms with van der Waals surface area (Å²) < 4.78 is 46.2. The normalized spacial score (nSPS) is 11.0. The van der Waals surface area contributed by atoms with Crippen LogP contribution >= 0.6 is 0 Å². The Balaban J connectivity index is 1.63. The number of halogens is 3. The van der Waals surface area contributed by atoms with Crippen molar-refractivity contribution in [2.24, 2.45) is 0 Å². The number of carbonyl (C=O) groups is 1. The van der Waals surface area contributed by atoms with Crippen molar-refractivity contribution in [2.75, 3.05) is 6.61 Å². The van der Waals surface area contributed by atoms with Crippen molar-refractivity contribution in [3.05, 3.63) is 88.7 Å². The van der Waals surface area contributed by atoms with Gasteiger partial charge in [-0.25, -0.2) is 13.2 Å². The molecule has 3 rings (SSSR count). The van der Waals surface area contributed by atoms with Gasteiger partial charge in [0.2, 0.25) is 0 Å². The third kappa shape index (κ3) is 5.54. The van der Waals surface area contributed by atoms with E-state index in [1.165, 1.54) is 17.7 Å². The maximum absolute atomic E-state index is 14.4. The van der Waals surface area contributed by atoms with Crippen molar-refractivity contribution in [1.29, 1.82) is 0 Å². The van der Waals surface area contributed by atoms with Gasteiger partial charge in [0.05, 0.1) is 12.2 Å². The Bertz CT molecular complexity index is 1030. The first-order chi connectivity index (χ1) is 14.9. The summed E-state index contributed by atoms with van der Waals surface area (Å²) in [4.78, 5) is 12.5. The first-order valence-electron chi connectivity index (χ1n) is 10.3. The molecule has 0 spiro atoms. The number of benzene rings is 3. The quantitative estimate of drug-likeness (QED) is 0.335. The van der Waals surface area contributed by atoms with E-state index in [1.54, 1.807) is 6.92 Å². The van der Waals surface area contributed by atoms with Crippen molar-refractivity contribution in [3.8, 4) is 16.9 Å². The Morgan fingerprint density at radius 1 is 0.935 bits per heavy atom. The van der Waals surface area contributed by atoms with Gasteiger partial charge < -0.3 is 4.74 Å². The minimum atomic E-state index is -3.09. The number of ether oxygens (including phenoxy) is 1. The SMILES string of the molecule is CCOc1ccc(C(=O)CCCc2ccc(-c3ccc(C)cc3)cc2)c(C(F)F)c1F. The maximum atomic E-state index is 14.4. The number of carbonyl (C=O) groups excluding carboxylic acids is 1. The van der Waals surface area contributed by atoms with E-state index in [4.69, 9.17) is 4.74 Å². The highest BCUT2D eigenvalue weighted by atomic mass is 19.3. The van der Waals surface area contributed by atoms with Gasteiger partial charge in [-0.2, -0.15) is 0 Å². The molecule has 0 aromatic heterocycles. The average molecular weight is 426 g/mol. The number of rotatable bonds is 9. The lowest BCUT2D eigenvalue weighted by Gasteiger charge is -2.13. The van der Waals surface area contributed by atoms with Crippen LogP contribution in [0.3, 0.4) is 0 Å². The highest BCUT2D eigenvalue weighted by Gasteiger charge is 2.25. The Labute approximate surface area is 180 Å². The van der Waals surface area contributed by atoms with Crippen LogP contribution in [0.1, 0.15) is 53.2 Å². The molecule has 3 aromatic rings. The second-order valence-electron chi connectivity index (χ2n) is 7.41. The van der Waals surface area contributed by atoms with E-state index in [2.05, 4.69) is 24.3 Å². The summed E-state index contributed by atoms with van der Waals surface area (Å²) in [5.41, 5.74) is 3.34. The number of alkyl halides is 2. The number of hydrogen-bond donors (Lipinski definition) is 0. The molecule has 0 N–H and O–H groups in total. The fourth-order valence-electron chi connectivity index (χ4n) is 3.49. The van der Waals surface area contributed by atoms with Crippen LogP contribution in [-0.2, 0) is 6.42 Å². The van der Waals surface area contributed by atoms with Crippen molar-refractivity contribution >= 4 is 5.78 Å². The molecule has 0 saturated carbocycles. The second kappa shape index (κ2) is 10.3. The summed E-state index contributed by atoms with van der Waals surface area (Å²) in [6, 6.07) is 18.8. The predicted molar refractivity (Wildman–Crippen MR) is 116 cm³/mol. The Morgan fingerprint density at radius 2 is 1.55 bits per heavy atom. The zero-order valence-electron chi connectivity index (χ0n) is 17.6. The van der Waals surface area contributed by atoms with Gasteiger partial charge in [0.25, 0.3) is 6.43 Å². The number of aryl methyl sites for hydroxylation is 2. The smallest absolute Gasteiger partial charge is 0.267 e. The van der Waals surface area contributed by atoms with Gasteiger partial charge in [-0.05, 0) is 55.5 Å². The highest BCUT2D eigenvalue weighted by molar-refractivity contribution is 5.97. The summed E-state index contributed by atoms with van der Waals surface area (Å²) >= 11 is 0. The Kier molecular flexibility index (Phi) is 7.50. The first-order valence-corrected chi connectivity index (χ1v) is 10.3. The highest BCUT2D eigenvalue weighted by Crippen LogP contribution is 2.32. The third-order valence-corrected chi connectivity index (χ3v) is 5.17. The van der Waals surface area contributed by atoms with Crippen molar-refractivity contribution in [3.63, 3.8) is 0 Å². The molecule has 0 aliphatic carbocycles. The van der Waals surface area contributed by atoms with Crippen LogP contribution in [-0.4, -0.2) is 12.4 Å². The molecule has 2 nitrogen and oxygen atoms in total. The summed E-state index contributed by atoms with van der Waals surface area (Å²) in [5.74, 6) is -1.91. The zero-order valence-corrected chi connectivity index (χ0v) is 17.6. The Morgan fingerprint density at radius 3 is 2.13 bits per heavy atom. The number of ketones is 1. The lowest BCUT2D eigenvalue weighted by molar-refractivity contribution is 0.0962. The molecule has 162 valence electrons. The van der Waals surface area contributed by atoms with Gasteiger partial charge in [0.1, 0.15) is 0 Å². The molecule has 5 heteroatoms. The molecular weight excluding hydrogens is 401 g/mol. The van der Waals surface area contributed by atoms with Crippen LogP contribution < -0.4 is 4.74 Å². The van der Waals surface area contributed by atoms with E-state index in [0.717, 1.165) is 16.7 Å². The van der Waals surface area contributed by atoms with E-state index in [1.807, 2.05) is 31.2 Å². The third-order valence-electron chi connectivity index (χ3n) is 5.17. The molecular formula is C26H25F3O2. The van der Waals surface area contributed by atoms with Gasteiger partial charge in [-0.15, -0.1) is 0 Å². The second-order valence-corrected chi connectivity index (χ2v) is 7.41. The minimum absolute atomic E-state index is 0.0624. The zero-order chi connectivity index (χ0) is 22.4. The van der Waals surface area contributed by atoms with Crippen molar-refractivity contribution in [1.82, 2.24) is 0 Å². The van der Waals surface area contributed by atoms with Gasteiger partial charge in [0.15, 0.2) is 17.3 Å². The molecule has 0 atom stereocenters. The molecule has 0 heterocycles. The summed E-state index contributed by atoms with van der Waals surface area (Å²) in [7, 11) is 0. The van der Waals surface area contributed by atoms with Gasteiger partial charge in [0, 0.05) is 12.0 Å². The van der Waals surface area contributed by atoms with Crippen LogP contribution in [0.5, 0.6) is 5.75 Å². The fraction of sp³-hybridized carbons (Fsp3) is 0.269. The predicted octanol–water partition coefficient (Wildman–Crippen LogP) is 7.34. The summed E-state index contributed by atoms with van der Waals surface area (Å²) in [6.45, 7) is 3.82. The van der Waals surface area contributed by atoms with Crippen LogP contribution in [0.4, 0.5) is 13.2 Å². The topological polar surface area (TPSA) is 26.3 Å². The molecule has 3 aromatic carbocycles. The van der Waals surface area contributed by atoms with E-state index >= 15 is 0 Å². The molecule has 0 aliphatic heterocycles. The standard InChI is InChI=1S/C26H25F3O2/c1-3-31-23-16-15-21(24(25(23)27)26(28)29)22(30)6-4-5-18-9-13-20(14-10-18)19-11-7-17(2)8-12-19/h7-16,26H,3-6H2,1-2H3. The molecule has 31 heavy (non-hydrogen) atoms. The van der Waals surface area contributed by atoms with Gasteiger partial charge in [-0.3, -0.25) is 4.79 Å². The van der Waals surface area contributed by atoms with E-state index in [9.17, 15) is 18.0 Å². The average Bonchev–Trinajstić information content (AvgIpc) is 2.76. The van der Waals surface area contributed by atoms with Crippen LogP contribution in [0.15, 0.2) is 60.7 Å². The van der Waals surface area contributed by atoms with Crippen LogP contribution in [0.25, 0.3) is 11.1 Å². The van der Waals surface area contributed by atoms with Crippen LogP contribution in [0, 0.1) is 12.7 Å². The summed E-state index contributed by atoms with van der Waals surface area (Å²) in [6.07, 6.45) is -1.91. The van der Waals surface area contributed by atoms with Crippen molar-refractivity contribution < 1.29 is 22.7 Å². The van der Waals surface area contributed by atoms with E-state index in [-0.39, 0.29) is 24.3 Å². The molecule has 0 bridgehead atoms.